The molecule has 6 heteroatoms. The summed E-state index contributed by atoms with van der Waals surface area (Å²) in [5.74, 6) is -1.26. The lowest BCUT2D eigenvalue weighted by atomic mass is 10.1. The maximum absolute atomic E-state index is 12.3. The van der Waals surface area contributed by atoms with Gasteiger partial charge in [-0.2, -0.15) is 0 Å². The molecule has 1 saturated carbocycles. The summed E-state index contributed by atoms with van der Waals surface area (Å²) in [5, 5.41) is 9.10. The molecule has 104 valence electrons. The summed E-state index contributed by atoms with van der Waals surface area (Å²) in [7, 11) is 3.55. The number of imidazole rings is 1. The summed E-state index contributed by atoms with van der Waals surface area (Å²) >= 11 is 0. The summed E-state index contributed by atoms with van der Waals surface area (Å²) in [6.45, 7) is 4.03. The number of rotatable bonds is 4. The molecule has 1 aliphatic carbocycles. The molecule has 1 fully saturated rings. The van der Waals surface area contributed by atoms with Crippen LogP contribution >= 0.6 is 0 Å². The number of aryl methyl sites for hydroxylation is 1. The maximum atomic E-state index is 12.3. The average molecular weight is 265 g/mol. The van der Waals surface area contributed by atoms with Gasteiger partial charge in [-0.05, 0) is 5.41 Å². The Balaban J connectivity index is 2.05. The minimum atomic E-state index is -0.895. The van der Waals surface area contributed by atoms with Crippen molar-refractivity contribution in [2.24, 2.45) is 24.3 Å². The minimum Gasteiger partial charge on any atom is -0.481 e. The van der Waals surface area contributed by atoms with Crippen LogP contribution in [0.25, 0.3) is 0 Å². The third-order valence-electron chi connectivity index (χ3n) is 4.04. The summed E-state index contributed by atoms with van der Waals surface area (Å²) < 4.78 is 1.84. The van der Waals surface area contributed by atoms with Gasteiger partial charge in [0.05, 0.1) is 18.4 Å². The second kappa shape index (κ2) is 4.36. The number of nitrogens with zero attached hydrogens (tertiary/aromatic N) is 3. The highest BCUT2D eigenvalue weighted by Gasteiger charge is 2.66. The van der Waals surface area contributed by atoms with Crippen molar-refractivity contribution in [2.75, 3.05) is 7.05 Å². The molecule has 0 aliphatic heterocycles. The lowest BCUT2D eigenvalue weighted by Gasteiger charge is -2.17. The van der Waals surface area contributed by atoms with Crippen LogP contribution in [0.4, 0.5) is 0 Å². The molecule has 1 heterocycles. The molecule has 19 heavy (non-hydrogen) atoms. The van der Waals surface area contributed by atoms with Crippen LogP contribution in [0.3, 0.4) is 0 Å². The van der Waals surface area contributed by atoms with E-state index in [1.807, 2.05) is 31.7 Å². The first-order valence-electron chi connectivity index (χ1n) is 6.20. The molecule has 0 spiro atoms. The molecule has 1 amide bonds. The van der Waals surface area contributed by atoms with Crippen molar-refractivity contribution in [3.05, 3.63) is 18.2 Å². The van der Waals surface area contributed by atoms with Crippen molar-refractivity contribution >= 4 is 11.9 Å². The van der Waals surface area contributed by atoms with Crippen LogP contribution in [-0.4, -0.2) is 38.5 Å². The predicted octanol–water partition coefficient (Wildman–Crippen LogP) is 0.735. The number of amides is 1. The Morgan fingerprint density at radius 2 is 2.11 bits per heavy atom. The Kier molecular flexibility index (Phi) is 3.12. The quantitative estimate of drug-likeness (QED) is 0.871. The molecule has 2 rings (SSSR count). The number of carboxylic acid groups (broad SMARTS) is 1. The largest absolute Gasteiger partial charge is 0.481 e. The molecule has 6 nitrogen and oxygen atoms in total. The Labute approximate surface area is 112 Å². The van der Waals surface area contributed by atoms with Crippen LogP contribution in [-0.2, 0) is 23.2 Å². The molecule has 0 aromatic carbocycles. The molecule has 1 aromatic rings. The van der Waals surface area contributed by atoms with E-state index in [0.29, 0.717) is 6.54 Å². The number of carbonyl (C=O) groups excluding carboxylic acids is 1. The SMILES string of the molecule is CN(Cc1nccn1C)C(=O)[C@H]1[C@@H](C(=O)O)C1(C)C. The van der Waals surface area contributed by atoms with Crippen molar-refractivity contribution in [1.29, 1.82) is 0 Å². The molecule has 0 bridgehead atoms. The Morgan fingerprint density at radius 1 is 1.47 bits per heavy atom. The molecular weight excluding hydrogens is 246 g/mol. The highest BCUT2D eigenvalue weighted by atomic mass is 16.4. The monoisotopic (exact) mass is 265 g/mol. The zero-order valence-electron chi connectivity index (χ0n) is 11.6. The Hall–Kier alpha value is -1.85. The lowest BCUT2D eigenvalue weighted by Crippen LogP contribution is -2.30. The van der Waals surface area contributed by atoms with Crippen LogP contribution in [0.15, 0.2) is 12.4 Å². The second-order valence-electron chi connectivity index (χ2n) is 5.76. The lowest BCUT2D eigenvalue weighted by molar-refractivity contribution is -0.141. The van der Waals surface area contributed by atoms with E-state index in [4.69, 9.17) is 5.11 Å². The highest BCUT2D eigenvalue weighted by Crippen LogP contribution is 2.58. The van der Waals surface area contributed by atoms with E-state index >= 15 is 0 Å². The topological polar surface area (TPSA) is 75.4 Å². The van der Waals surface area contributed by atoms with E-state index in [9.17, 15) is 9.59 Å². The maximum Gasteiger partial charge on any atom is 0.307 e. The normalized spacial score (nSPS) is 24.0. The Morgan fingerprint density at radius 3 is 2.53 bits per heavy atom. The molecule has 1 aromatic heterocycles. The molecule has 0 saturated heterocycles. The van der Waals surface area contributed by atoms with Crippen LogP contribution in [0, 0.1) is 17.3 Å². The first-order valence-corrected chi connectivity index (χ1v) is 6.20. The first-order chi connectivity index (χ1) is 8.76. The van der Waals surface area contributed by atoms with Crippen LogP contribution in [0.2, 0.25) is 0 Å². The van der Waals surface area contributed by atoms with Gasteiger partial charge in [-0.15, -0.1) is 0 Å². The minimum absolute atomic E-state index is 0.125. The van der Waals surface area contributed by atoms with Gasteiger partial charge in [0.25, 0.3) is 0 Å². The third-order valence-corrected chi connectivity index (χ3v) is 4.04. The zero-order chi connectivity index (χ0) is 14.4. The molecule has 1 aliphatic rings. The fourth-order valence-corrected chi connectivity index (χ4v) is 2.64. The van der Waals surface area contributed by atoms with Gasteiger partial charge in [-0.3, -0.25) is 9.59 Å². The summed E-state index contributed by atoms with van der Waals surface area (Å²) in [6.07, 6.45) is 3.49. The number of carbonyl (C=O) groups is 2. The molecular formula is C13H19N3O3. The van der Waals surface area contributed by atoms with Crippen LogP contribution in [0.5, 0.6) is 0 Å². The fourth-order valence-electron chi connectivity index (χ4n) is 2.64. The van der Waals surface area contributed by atoms with Crippen molar-refractivity contribution in [1.82, 2.24) is 14.5 Å². The van der Waals surface area contributed by atoms with Gasteiger partial charge in [-0.25, -0.2) is 4.98 Å². The molecule has 1 N–H and O–H groups in total. The fraction of sp³-hybridized carbons (Fsp3) is 0.615. The standard InChI is InChI=1S/C13H19N3O3/c1-13(2)9(10(13)12(18)19)11(17)16(4)7-8-14-5-6-15(8)3/h5-6,9-10H,7H2,1-4H3,(H,18,19)/t9-,10+/m1/s1. The van der Waals surface area contributed by atoms with E-state index in [2.05, 4.69) is 4.98 Å². The van der Waals surface area contributed by atoms with Crippen molar-refractivity contribution < 1.29 is 14.7 Å². The number of hydrogen-bond donors (Lipinski definition) is 1. The van der Waals surface area contributed by atoms with E-state index < -0.39 is 23.2 Å². The van der Waals surface area contributed by atoms with Crippen molar-refractivity contribution in [2.45, 2.75) is 20.4 Å². The van der Waals surface area contributed by atoms with Gasteiger partial charge in [0, 0.05) is 26.5 Å². The van der Waals surface area contributed by atoms with Gasteiger partial charge in [0.2, 0.25) is 5.91 Å². The Bertz CT molecular complexity index is 521. The van der Waals surface area contributed by atoms with E-state index in [1.165, 1.54) is 0 Å². The van der Waals surface area contributed by atoms with Gasteiger partial charge < -0.3 is 14.6 Å². The van der Waals surface area contributed by atoms with Crippen molar-refractivity contribution in [3.8, 4) is 0 Å². The first kappa shape index (κ1) is 13.6. The number of hydrogen-bond acceptors (Lipinski definition) is 3. The van der Waals surface area contributed by atoms with Crippen LogP contribution < -0.4 is 0 Å². The van der Waals surface area contributed by atoms with Gasteiger partial charge in [-0.1, -0.05) is 13.8 Å². The van der Waals surface area contributed by atoms with E-state index in [-0.39, 0.29) is 5.91 Å². The second-order valence-corrected chi connectivity index (χ2v) is 5.76. The van der Waals surface area contributed by atoms with Gasteiger partial charge in [0.15, 0.2) is 0 Å². The number of aromatic nitrogens is 2. The van der Waals surface area contributed by atoms with Crippen molar-refractivity contribution in [3.63, 3.8) is 0 Å². The summed E-state index contributed by atoms with van der Waals surface area (Å²) in [5.41, 5.74) is -0.460. The van der Waals surface area contributed by atoms with E-state index in [0.717, 1.165) is 5.82 Å². The molecule has 0 unspecified atom stereocenters. The number of aliphatic carboxylic acids is 1. The van der Waals surface area contributed by atoms with E-state index in [1.54, 1.807) is 18.1 Å². The van der Waals surface area contributed by atoms with Gasteiger partial charge in [0.1, 0.15) is 5.82 Å². The van der Waals surface area contributed by atoms with Crippen LogP contribution in [0.1, 0.15) is 19.7 Å². The van der Waals surface area contributed by atoms with Gasteiger partial charge >= 0.3 is 5.97 Å². The number of carboxylic acids is 1. The smallest absolute Gasteiger partial charge is 0.307 e. The summed E-state index contributed by atoms with van der Waals surface area (Å²) in [4.78, 5) is 29.1. The summed E-state index contributed by atoms with van der Waals surface area (Å²) in [6, 6.07) is 0. The predicted molar refractivity (Wildman–Crippen MR) is 68.1 cm³/mol. The highest BCUT2D eigenvalue weighted by molar-refractivity contribution is 5.91. The molecule has 0 radical (unpaired) electrons. The molecule has 2 atom stereocenters. The average Bonchev–Trinajstić information content (AvgIpc) is 2.66. The third kappa shape index (κ3) is 2.22. The zero-order valence-corrected chi connectivity index (χ0v) is 11.6.